The van der Waals surface area contributed by atoms with Gasteiger partial charge in [0.1, 0.15) is 5.15 Å². The van der Waals surface area contributed by atoms with Gasteiger partial charge in [-0.1, -0.05) is 18.5 Å². The van der Waals surface area contributed by atoms with Gasteiger partial charge < -0.3 is 5.73 Å². The minimum absolute atomic E-state index is 0.178. The molecule has 1 heterocycles. The zero-order chi connectivity index (χ0) is 11.3. The Hall–Kier alpha value is -1.20. The molecule has 5 nitrogen and oxygen atoms in total. The fraction of sp³-hybridized carbons (Fsp3) is 0.444. The normalized spacial score (nSPS) is 12.2. The highest BCUT2D eigenvalue weighted by Crippen LogP contribution is 2.08. The van der Waals surface area contributed by atoms with Crippen LogP contribution >= 0.6 is 11.6 Å². The van der Waals surface area contributed by atoms with Crippen LogP contribution < -0.4 is 11.1 Å². The van der Waals surface area contributed by atoms with Crippen LogP contribution in [-0.4, -0.2) is 22.4 Å². The Kier molecular flexibility index (Phi) is 4.45. The first-order chi connectivity index (χ1) is 7.17. The number of carbonyl (C=O) groups is 1. The molecule has 6 heteroatoms. The van der Waals surface area contributed by atoms with E-state index in [1.54, 1.807) is 0 Å². The Morgan fingerprint density at radius 3 is 3.00 bits per heavy atom. The van der Waals surface area contributed by atoms with Crippen LogP contribution in [0, 0.1) is 5.92 Å². The Bertz CT molecular complexity index is 341. The largest absolute Gasteiger partial charge is 0.330 e. The molecule has 1 rings (SSSR count). The maximum Gasteiger partial charge on any atom is 0.231 e. The van der Waals surface area contributed by atoms with Gasteiger partial charge in [0.05, 0.1) is 5.92 Å². The first kappa shape index (κ1) is 11.9. The maximum absolute atomic E-state index is 11.6. The molecular formula is C9H13ClN4O. The molecule has 0 saturated heterocycles. The predicted octanol–water partition coefficient (Wildman–Crippen LogP) is 1.05. The van der Waals surface area contributed by atoms with Gasteiger partial charge >= 0.3 is 0 Å². The third-order valence-corrected chi connectivity index (χ3v) is 2.22. The highest BCUT2D eigenvalue weighted by Gasteiger charge is 2.15. The summed E-state index contributed by atoms with van der Waals surface area (Å²) in [5, 5.41) is 2.85. The molecule has 0 bridgehead atoms. The van der Waals surface area contributed by atoms with Crippen LogP contribution in [0.15, 0.2) is 12.3 Å². The number of rotatable bonds is 4. The van der Waals surface area contributed by atoms with E-state index in [9.17, 15) is 4.79 Å². The molecule has 0 aliphatic heterocycles. The summed E-state index contributed by atoms with van der Waals surface area (Å²) >= 11 is 5.65. The zero-order valence-corrected chi connectivity index (χ0v) is 9.16. The van der Waals surface area contributed by atoms with Crippen LogP contribution in [-0.2, 0) is 4.79 Å². The maximum atomic E-state index is 11.6. The number of nitrogens with one attached hydrogen (secondary N) is 1. The van der Waals surface area contributed by atoms with Crippen molar-refractivity contribution in [3.8, 4) is 0 Å². The number of anilines is 1. The second-order valence-electron chi connectivity index (χ2n) is 3.03. The van der Waals surface area contributed by atoms with Crippen molar-refractivity contribution in [2.45, 2.75) is 13.3 Å². The summed E-state index contributed by atoms with van der Waals surface area (Å²) in [5.74, 6) is -0.186. The number of nitrogens with zero attached hydrogens (tertiary/aromatic N) is 2. The number of aromatic nitrogens is 2. The molecule has 0 aromatic carbocycles. The number of carbonyl (C=O) groups excluding carboxylic acids is 1. The zero-order valence-electron chi connectivity index (χ0n) is 8.40. The van der Waals surface area contributed by atoms with Crippen molar-refractivity contribution in [3.05, 3.63) is 17.4 Å². The average molecular weight is 229 g/mol. The molecule has 3 N–H and O–H groups in total. The summed E-state index contributed by atoms with van der Waals surface area (Å²) in [7, 11) is 0. The molecule has 0 aliphatic carbocycles. The first-order valence-electron chi connectivity index (χ1n) is 4.66. The standard InChI is InChI=1S/C9H13ClN4O/c1-2-6(5-11)8(15)14-9-12-4-3-7(10)13-9/h3-4,6H,2,5,11H2,1H3,(H,12,13,14,15). The van der Waals surface area contributed by atoms with Gasteiger partial charge in [0.2, 0.25) is 11.9 Å². The molecule has 1 amide bonds. The van der Waals surface area contributed by atoms with Crippen LogP contribution in [0.4, 0.5) is 5.95 Å². The van der Waals surface area contributed by atoms with Crippen molar-refractivity contribution in [2.24, 2.45) is 11.7 Å². The molecule has 1 atom stereocenters. The molecule has 1 unspecified atom stereocenters. The number of halogens is 1. The molecule has 1 aromatic rings. The molecule has 0 spiro atoms. The lowest BCUT2D eigenvalue weighted by Crippen LogP contribution is -2.29. The van der Waals surface area contributed by atoms with Crippen molar-refractivity contribution in [1.82, 2.24) is 9.97 Å². The van der Waals surface area contributed by atoms with Crippen LogP contribution in [0.3, 0.4) is 0 Å². The summed E-state index contributed by atoms with van der Waals surface area (Å²) in [4.78, 5) is 19.3. The summed E-state index contributed by atoms with van der Waals surface area (Å²) in [6.07, 6.45) is 2.16. The fourth-order valence-corrected chi connectivity index (χ4v) is 1.20. The molecule has 0 aliphatic rings. The van der Waals surface area contributed by atoms with E-state index in [4.69, 9.17) is 17.3 Å². The Labute approximate surface area is 93.0 Å². The van der Waals surface area contributed by atoms with Crippen molar-refractivity contribution >= 4 is 23.5 Å². The van der Waals surface area contributed by atoms with E-state index < -0.39 is 0 Å². The summed E-state index contributed by atoms with van der Waals surface area (Å²) in [5.41, 5.74) is 5.44. The molecule has 82 valence electrons. The van der Waals surface area contributed by atoms with Crippen molar-refractivity contribution in [2.75, 3.05) is 11.9 Å². The average Bonchev–Trinajstić information content (AvgIpc) is 2.19. The molecule has 1 aromatic heterocycles. The third-order valence-electron chi connectivity index (χ3n) is 2.00. The van der Waals surface area contributed by atoms with E-state index in [0.29, 0.717) is 18.1 Å². The van der Waals surface area contributed by atoms with Gasteiger partial charge in [0, 0.05) is 12.7 Å². The highest BCUT2D eigenvalue weighted by atomic mass is 35.5. The van der Waals surface area contributed by atoms with Gasteiger partial charge in [-0.2, -0.15) is 0 Å². The van der Waals surface area contributed by atoms with Gasteiger partial charge in [-0.15, -0.1) is 0 Å². The van der Waals surface area contributed by atoms with Crippen molar-refractivity contribution < 1.29 is 4.79 Å². The van der Waals surface area contributed by atoms with E-state index >= 15 is 0 Å². The molecule has 15 heavy (non-hydrogen) atoms. The summed E-state index contributed by atoms with van der Waals surface area (Å²) in [6, 6.07) is 1.54. The predicted molar refractivity (Wildman–Crippen MR) is 58.5 cm³/mol. The second-order valence-corrected chi connectivity index (χ2v) is 3.42. The molecular weight excluding hydrogens is 216 g/mol. The number of nitrogens with two attached hydrogens (primary N) is 1. The topological polar surface area (TPSA) is 80.9 Å². The highest BCUT2D eigenvalue weighted by molar-refractivity contribution is 6.29. The van der Waals surface area contributed by atoms with Crippen molar-refractivity contribution in [3.63, 3.8) is 0 Å². The molecule has 0 saturated carbocycles. The van der Waals surface area contributed by atoms with Crippen molar-refractivity contribution in [1.29, 1.82) is 0 Å². The summed E-state index contributed by atoms with van der Waals surface area (Å²) in [6.45, 7) is 2.21. The molecule has 0 fully saturated rings. The summed E-state index contributed by atoms with van der Waals surface area (Å²) < 4.78 is 0. The number of hydrogen-bond acceptors (Lipinski definition) is 4. The van der Waals surface area contributed by atoms with Gasteiger partial charge in [0.25, 0.3) is 0 Å². The Morgan fingerprint density at radius 2 is 2.47 bits per heavy atom. The lowest BCUT2D eigenvalue weighted by Gasteiger charge is -2.11. The van der Waals surface area contributed by atoms with Crippen LogP contribution in [0.5, 0.6) is 0 Å². The van der Waals surface area contributed by atoms with E-state index in [1.165, 1.54) is 12.3 Å². The Balaban J connectivity index is 2.65. The van der Waals surface area contributed by atoms with Crippen LogP contribution in [0.1, 0.15) is 13.3 Å². The lowest BCUT2D eigenvalue weighted by atomic mass is 10.1. The first-order valence-corrected chi connectivity index (χ1v) is 5.04. The number of hydrogen-bond donors (Lipinski definition) is 2. The lowest BCUT2D eigenvalue weighted by molar-refractivity contribution is -0.119. The quantitative estimate of drug-likeness (QED) is 0.755. The minimum atomic E-state index is -0.215. The van der Waals surface area contributed by atoms with E-state index in [1.807, 2.05) is 6.92 Å². The van der Waals surface area contributed by atoms with E-state index in [-0.39, 0.29) is 17.8 Å². The van der Waals surface area contributed by atoms with Gasteiger partial charge in [-0.25, -0.2) is 9.97 Å². The van der Waals surface area contributed by atoms with E-state index in [0.717, 1.165) is 0 Å². The monoisotopic (exact) mass is 228 g/mol. The fourth-order valence-electron chi connectivity index (χ4n) is 1.07. The van der Waals surface area contributed by atoms with E-state index in [2.05, 4.69) is 15.3 Å². The Morgan fingerprint density at radius 1 is 1.73 bits per heavy atom. The second kappa shape index (κ2) is 5.63. The third kappa shape index (κ3) is 3.45. The minimum Gasteiger partial charge on any atom is -0.330 e. The smallest absolute Gasteiger partial charge is 0.231 e. The SMILES string of the molecule is CCC(CN)C(=O)Nc1nccc(Cl)n1. The van der Waals surface area contributed by atoms with Crippen LogP contribution in [0.25, 0.3) is 0 Å². The van der Waals surface area contributed by atoms with Gasteiger partial charge in [-0.3, -0.25) is 10.1 Å². The van der Waals surface area contributed by atoms with Gasteiger partial charge in [-0.05, 0) is 12.5 Å². The molecule has 0 radical (unpaired) electrons. The van der Waals surface area contributed by atoms with Crippen LogP contribution in [0.2, 0.25) is 5.15 Å². The van der Waals surface area contributed by atoms with Gasteiger partial charge in [0.15, 0.2) is 0 Å². The number of amides is 1.